The van der Waals surface area contributed by atoms with Crippen LogP contribution in [0, 0.1) is 0 Å². The van der Waals surface area contributed by atoms with E-state index >= 15 is 0 Å². The highest BCUT2D eigenvalue weighted by atomic mass is 35.5. The lowest BCUT2D eigenvalue weighted by molar-refractivity contribution is -0.113. The molecule has 1 saturated heterocycles. The molecule has 1 amide bonds. The fourth-order valence-corrected chi connectivity index (χ4v) is 3.88. The van der Waals surface area contributed by atoms with Gasteiger partial charge in [0.1, 0.15) is 0 Å². The quantitative estimate of drug-likeness (QED) is 0.668. The van der Waals surface area contributed by atoms with Crippen molar-refractivity contribution in [2.75, 3.05) is 49.4 Å². The van der Waals surface area contributed by atoms with Crippen LogP contribution >= 0.6 is 23.4 Å². The number of esters is 1. The van der Waals surface area contributed by atoms with Crippen LogP contribution < -0.4 is 10.2 Å². The van der Waals surface area contributed by atoms with Gasteiger partial charge in [-0.15, -0.1) is 11.8 Å². The molecular weight excluding hydrogens is 412 g/mol. The fourth-order valence-electron chi connectivity index (χ4n) is 2.97. The molecule has 0 aromatic heterocycles. The fraction of sp³-hybridized carbons (Fsp3) is 0.333. The molecule has 0 radical (unpaired) electrons. The second-order valence-electron chi connectivity index (χ2n) is 6.49. The van der Waals surface area contributed by atoms with Gasteiger partial charge in [-0.2, -0.15) is 0 Å². The molecule has 0 spiro atoms. The molecule has 1 N–H and O–H groups in total. The number of morpholine rings is 1. The summed E-state index contributed by atoms with van der Waals surface area (Å²) in [4.78, 5) is 26.8. The monoisotopic (exact) mass is 434 g/mol. The predicted molar refractivity (Wildman–Crippen MR) is 117 cm³/mol. The average molecular weight is 435 g/mol. The lowest BCUT2D eigenvalue weighted by Gasteiger charge is -2.29. The topological polar surface area (TPSA) is 67.9 Å². The number of ether oxygens (including phenoxy) is 2. The minimum Gasteiger partial charge on any atom is -0.465 e. The van der Waals surface area contributed by atoms with Crippen LogP contribution in [0.3, 0.4) is 0 Å². The molecule has 0 atom stereocenters. The predicted octanol–water partition coefficient (Wildman–Crippen LogP) is 3.84. The molecule has 8 heteroatoms. The maximum absolute atomic E-state index is 12.4. The molecule has 1 aliphatic rings. The number of nitrogens with zero attached hydrogens (tertiary/aromatic N) is 1. The molecule has 6 nitrogen and oxygen atoms in total. The Hall–Kier alpha value is -2.22. The Balaban J connectivity index is 1.62. The van der Waals surface area contributed by atoms with Gasteiger partial charge in [-0.25, -0.2) is 4.79 Å². The molecule has 154 valence electrons. The highest BCUT2D eigenvalue weighted by molar-refractivity contribution is 7.99. The molecule has 1 fully saturated rings. The number of amides is 1. The summed E-state index contributed by atoms with van der Waals surface area (Å²) in [6, 6.07) is 12.9. The normalized spacial score (nSPS) is 13.8. The van der Waals surface area contributed by atoms with E-state index < -0.39 is 5.97 Å². The van der Waals surface area contributed by atoms with Gasteiger partial charge in [0.05, 0.1) is 37.3 Å². The largest absolute Gasteiger partial charge is 0.465 e. The van der Waals surface area contributed by atoms with Gasteiger partial charge >= 0.3 is 5.97 Å². The summed E-state index contributed by atoms with van der Waals surface area (Å²) in [6.45, 7) is 2.81. The zero-order valence-corrected chi connectivity index (χ0v) is 17.7. The Bertz CT molecular complexity index is 854. The molecule has 2 aromatic rings. The molecular formula is C21H23ClN2O4S. The molecule has 0 bridgehead atoms. The van der Waals surface area contributed by atoms with Crippen molar-refractivity contribution in [2.24, 2.45) is 0 Å². The Labute approximate surface area is 179 Å². The Morgan fingerprint density at radius 1 is 1.17 bits per heavy atom. The van der Waals surface area contributed by atoms with Gasteiger partial charge in [0.15, 0.2) is 0 Å². The second-order valence-corrected chi connectivity index (χ2v) is 7.91. The smallest absolute Gasteiger partial charge is 0.340 e. The number of rotatable bonds is 7. The van der Waals surface area contributed by atoms with E-state index in [1.807, 2.05) is 30.3 Å². The van der Waals surface area contributed by atoms with E-state index in [0.29, 0.717) is 35.2 Å². The maximum Gasteiger partial charge on any atom is 0.340 e. The van der Waals surface area contributed by atoms with E-state index in [0.717, 1.165) is 24.3 Å². The van der Waals surface area contributed by atoms with Gasteiger partial charge in [0.25, 0.3) is 0 Å². The van der Waals surface area contributed by atoms with Gasteiger partial charge in [0, 0.05) is 29.6 Å². The third-order valence-electron chi connectivity index (χ3n) is 4.47. The van der Waals surface area contributed by atoms with Crippen molar-refractivity contribution in [1.29, 1.82) is 0 Å². The van der Waals surface area contributed by atoms with Crippen LogP contribution in [0.25, 0.3) is 0 Å². The van der Waals surface area contributed by atoms with E-state index in [1.165, 1.54) is 18.9 Å². The standard InChI is InChI=1S/C21H23ClN2O4S/c1-27-21(26)18-12-17(24-8-10-28-11-9-24)6-7-19(18)23-20(25)14-29-13-15-2-4-16(22)5-3-15/h2-7,12H,8-11,13-14H2,1H3,(H,23,25). The zero-order chi connectivity index (χ0) is 20.6. The van der Waals surface area contributed by atoms with Crippen LogP contribution in [0.4, 0.5) is 11.4 Å². The summed E-state index contributed by atoms with van der Waals surface area (Å²) in [6.07, 6.45) is 0. The summed E-state index contributed by atoms with van der Waals surface area (Å²) < 4.78 is 10.3. The van der Waals surface area contributed by atoms with Gasteiger partial charge in [-0.1, -0.05) is 23.7 Å². The minimum atomic E-state index is -0.482. The van der Waals surface area contributed by atoms with Gasteiger partial charge in [-0.05, 0) is 35.9 Å². The summed E-state index contributed by atoms with van der Waals surface area (Å²) in [5.74, 6) is 0.316. The number of thioether (sulfide) groups is 1. The Morgan fingerprint density at radius 3 is 2.59 bits per heavy atom. The molecule has 0 saturated carbocycles. The lowest BCUT2D eigenvalue weighted by Crippen LogP contribution is -2.36. The number of anilines is 2. The summed E-state index contributed by atoms with van der Waals surface area (Å²) in [7, 11) is 1.33. The van der Waals surface area contributed by atoms with E-state index in [2.05, 4.69) is 10.2 Å². The molecule has 0 aliphatic carbocycles. The van der Waals surface area contributed by atoms with Crippen molar-refractivity contribution < 1.29 is 19.1 Å². The Morgan fingerprint density at radius 2 is 1.90 bits per heavy atom. The van der Waals surface area contributed by atoms with Crippen LogP contribution in [0.2, 0.25) is 5.02 Å². The van der Waals surface area contributed by atoms with Gasteiger partial charge in [0.2, 0.25) is 5.91 Å². The maximum atomic E-state index is 12.4. The van der Waals surface area contributed by atoms with Crippen molar-refractivity contribution in [3.8, 4) is 0 Å². The van der Waals surface area contributed by atoms with Crippen LogP contribution in [-0.2, 0) is 20.0 Å². The minimum absolute atomic E-state index is 0.173. The van der Waals surface area contributed by atoms with Crippen molar-refractivity contribution in [1.82, 2.24) is 0 Å². The van der Waals surface area contributed by atoms with Crippen molar-refractivity contribution in [3.63, 3.8) is 0 Å². The van der Waals surface area contributed by atoms with Gasteiger partial charge < -0.3 is 19.7 Å². The summed E-state index contributed by atoms with van der Waals surface area (Å²) >= 11 is 7.37. The van der Waals surface area contributed by atoms with Gasteiger partial charge in [-0.3, -0.25) is 4.79 Å². The number of carbonyl (C=O) groups excluding carboxylic acids is 2. The SMILES string of the molecule is COC(=O)c1cc(N2CCOCC2)ccc1NC(=O)CSCc1ccc(Cl)cc1. The van der Waals surface area contributed by atoms with Crippen LogP contribution in [0.5, 0.6) is 0 Å². The number of halogens is 1. The summed E-state index contributed by atoms with van der Waals surface area (Å²) in [5, 5.41) is 3.51. The zero-order valence-electron chi connectivity index (χ0n) is 16.2. The Kier molecular flexibility index (Phi) is 7.80. The number of benzene rings is 2. The summed E-state index contributed by atoms with van der Waals surface area (Å²) in [5.41, 5.74) is 2.79. The van der Waals surface area contributed by atoms with E-state index in [9.17, 15) is 9.59 Å². The highest BCUT2D eigenvalue weighted by Gasteiger charge is 2.18. The van der Waals surface area contributed by atoms with Crippen LogP contribution in [0.1, 0.15) is 15.9 Å². The molecule has 2 aromatic carbocycles. The number of hydrogen-bond donors (Lipinski definition) is 1. The third kappa shape index (κ3) is 6.13. The molecule has 3 rings (SSSR count). The van der Waals surface area contributed by atoms with Crippen molar-refractivity contribution in [3.05, 3.63) is 58.6 Å². The molecule has 1 aliphatic heterocycles. The number of methoxy groups -OCH3 is 1. The van der Waals surface area contributed by atoms with Crippen LogP contribution in [-0.4, -0.2) is 51.0 Å². The first-order chi connectivity index (χ1) is 14.1. The first-order valence-electron chi connectivity index (χ1n) is 9.24. The number of nitrogens with one attached hydrogen (secondary N) is 1. The average Bonchev–Trinajstić information content (AvgIpc) is 2.75. The van der Waals surface area contributed by atoms with E-state index in [1.54, 1.807) is 12.1 Å². The lowest BCUT2D eigenvalue weighted by atomic mass is 10.1. The molecule has 1 heterocycles. The first kappa shape index (κ1) is 21.5. The first-order valence-corrected chi connectivity index (χ1v) is 10.8. The van der Waals surface area contributed by atoms with Crippen molar-refractivity contribution in [2.45, 2.75) is 5.75 Å². The van der Waals surface area contributed by atoms with Crippen LogP contribution in [0.15, 0.2) is 42.5 Å². The second kappa shape index (κ2) is 10.5. The number of hydrogen-bond acceptors (Lipinski definition) is 6. The highest BCUT2D eigenvalue weighted by Crippen LogP contribution is 2.25. The number of carbonyl (C=O) groups is 2. The molecule has 0 unspecified atom stereocenters. The molecule has 29 heavy (non-hydrogen) atoms. The van der Waals surface area contributed by atoms with E-state index in [-0.39, 0.29) is 11.7 Å². The third-order valence-corrected chi connectivity index (χ3v) is 5.73. The van der Waals surface area contributed by atoms with Crippen molar-refractivity contribution >= 4 is 46.6 Å². The van der Waals surface area contributed by atoms with E-state index in [4.69, 9.17) is 21.1 Å².